The molecular formula is C35H49N5O3. The molecule has 0 atom stereocenters. The second-order valence-corrected chi connectivity index (χ2v) is 11.8. The SMILES string of the molecule is CC.CCOC(=O)CN(C)C1CCN(c2ccc3nc(C4CC4)nc(N4CCC(c5ccccc5OC)CC4)c3c2)CC1. The number of likely N-dealkylation sites (N-methyl/N-ethyl adjacent to an activating group) is 1. The first kappa shape index (κ1) is 31.0. The van der Waals surface area contributed by atoms with Crippen molar-refractivity contribution in [2.24, 2.45) is 0 Å². The number of carbonyl (C=O) groups excluding carboxylic acids is 1. The van der Waals surface area contributed by atoms with Crippen molar-refractivity contribution in [2.75, 3.05) is 63.3 Å². The van der Waals surface area contributed by atoms with Crippen LogP contribution in [0.25, 0.3) is 10.9 Å². The molecule has 8 heteroatoms. The minimum atomic E-state index is -0.142. The van der Waals surface area contributed by atoms with Gasteiger partial charge in [-0.1, -0.05) is 32.0 Å². The second kappa shape index (κ2) is 14.4. The summed E-state index contributed by atoms with van der Waals surface area (Å²) in [5.41, 5.74) is 3.60. The highest BCUT2D eigenvalue weighted by molar-refractivity contribution is 5.92. The first-order valence-corrected chi connectivity index (χ1v) is 16.3. The molecule has 3 aliphatic rings. The summed E-state index contributed by atoms with van der Waals surface area (Å²) in [6.07, 6.45) is 6.59. The average Bonchev–Trinajstić information content (AvgIpc) is 3.91. The molecule has 0 radical (unpaired) electrons. The molecule has 2 saturated heterocycles. The van der Waals surface area contributed by atoms with E-state index in [9.17, 15) is 4.79 Å². The van der Waals surface area contributed by atoms with Gasteiger partial charge in [0.05, 0.1) is 25.8 Å². The number of benzene rings is 2. The first-order valence-electron chi connectivity index (χ1n) is 16.3. The Morgan fingerprint density at radius 2 is 1.60 bits per heavy atom. The van der Waals surface area contributed by atoms with Crippen molar-refractivity contribution >= 4 is 28.4 Å². The van der Waals surface area contributed by atoms with Gasteiger partial charge < -0.3 is 19.3 Å². The van der Waals surface area contributed by atoms with E-state index in [2.05, 4.69) is 51.1 Å². The highest BCUT2D eigenvalue weighted by Crippen LogP contribution is 2.42. The molecule has 232 valence electrons. The summed E-state index contributed by atoms with van der Waals surface area (Å²) < 4.78 is 10.8. The van der Waals surface area contributed by atoms with Gasteiger partial charge in [0.2, 0.25) is 0 Å². The van der Waals surface area contributed by atoms with Crippen molar-refractivity contribution in [1.29, 1.82) is 0 Å². The van der Waals surface area contributed by atoms with Crippen molar-refractivity contribution in [3.63, 3.8) is 0 Å². The van der Waals surface area contributed by atoms with Crippen LogP contribution in [-0.4, -0.2) is 80.4 Å². The van der Waals surface area contributed by atoms with Gasteiger partial charge in [0.1, 0.15) is 17.4 Å². The smallest absolute Gasteiger partial charge is 0.320 e. The normalized spacial score (nSPS) is 18.0. The summed E-state index contributed by atoms with van der Waals surface area (Å²) >= 11 is 0. The summed E-state index contributed by atoms with van der Waals surface area (Å²) in [6, 6.07) is 15.6. The number of para-hydroxylation sites is 1. The van der Waals surface area contributed by atoms with Crippen molar-refractivity contribution in [2.45, 2.75) is 77.2 Å². The highest BCUT2D eigenvalue weighted by Gasteiger charge is 2.31. The van der Waals surface area contributed by atoms with Crippen LogP contribution in [0, 0.1) is 0 Å². The third-order valence-corrected chi connectivity index (χ3v) is 9.13. The average molecular weight is 588 g/mol. The number of hydrogen-bond donors (Lipinski definition) is 0. The molecule has 1 aromatic heterocycles. The Morgan fingerprint density at radius 3 is 2.28 bits per heavy atom. The van der Waals surface area contributed by atoms with Crippen molar-refractivity contribution in [3.05, 3.63) is 53.9 Å². The van der Waals surface area contributed by atoms with Crippen LogP contribution in [0.5, 0.6) is 5.75 Å². The molecule has 0 unspecified atom stereocenters. The lowest BCUT2D eigenvalue weighted by molar-refractivity contribution is -0.144. The number of aromatic nitrogens is 2. The Balaban J connectivity index is 0.00000180. The van der Waals surface area contributed by atoms with Crippen LogP contribution in [-0.2, 0) is 9.53 Å². The Hall–Kier alpha value is -3.39. The Kier molecular flexibility index (Phi) is 10.4. The van der Waals surface area contributed by atoms with Crippen LogP contribution in [0.1, 0.15) is 82.5 Å². The predicted octanol–water partition coefficient (Wildman–Crippen LogP) is 6.39. The van der Waals surface area contributed by atoms with E-state index in [4.69, 9.17) is 19.4 Å². The maximum absolute atomic E-state index is 12.0. The van der Waals surface area contributed by atoms with Crippen LogP contribution in [0.4, 0.5) is 11.5 Å². The van der Waals surface area contributed by atoms with E-state index in [1.165, 1.54) is 24.1 Å². The number of carbonyl (C=O) groups is 1. The summed E-state index contributed by atoms with van der Waals surface area (Å²) in [5.74, 6) is 3.97. The third-order valence-electron chi connectivity index (χ3n) is 9.13. The van der Waals surface area contributed by atoms with Crippen LogP contribution in [0.2, 0.25) is 0 Å². The molecule has 0 bridgehead atoms. The van der Waals surface area contributed by atoms with Crippen molar-refractivity contribution in [1.82, 2.24) is 14.9 Å². The Morgan fingerprint density at radius 1 is 0.907 bits per heavy atom. The zero-order valence-electron chi connectivity index (χ0n) is 26.7. The molecule has 43 heavy (non-hydrogen) atoms. The fourth-order valence-electron chi connectivity index (χ4n) is 6.59. The molecule has 2 aromatic carbocycles. The van der Waals surface area contributed by atoms with Gasteiger partial charge in [-0.2, -0.15) is 0 Å². The molecule has 1 aliphatic carbocycles. The Bertz CT molecular complexity index is 1360. The summed E-state index contributed by atoms with van der Waals surface area (Å²) in [4.78, 5) is 29.3. The number of methoxy groups -OCH3 is 1. The molecule has 8 nitrogen and oxygen atoms in total. The molecule has 0 spiro atoms. The predicted molar refractivity (Wildman–Crippen MR) is 175 cm³/mol. The lowest BCUT2D eigenvalue weighted by atomic mass is 9.88. The van der Waals surface area contributed by atoms with E-state index in [0.29, 0.717) is 31.0 Å². The van der Waals surface area contributed by atoms with E-state index in [-0.39, 0.29) is 5.97 Å². The number of fused-ring (bicyclic) bond motifs is 1. The lowest BCUT2D eigenvalue weighted by Crippen LogP contribution is -2.45. The molecule has 0 amide bonds. The summed E-state index contributed by atoms with van der Waals surface area (Å²) in [5, 5.41) is 1.16. The molecule has 1 saturated carbocycles. The van der Waals surface area contributed by atoms with E-state index < -0.39 is 0 Å². The molecule has 6 rings (SSSR count). The van der Waals surface area contributed by atoms with Crippen molar-refractivity contribution < 1.29 is 14.3 Å². The van der Waals surface area contributed by atoms with E-state index in [1.807, 2.05) is 33.9 Å². The van der Waals surface area contributed by atoms with Crippen LogP contribution in [0.3, 0.4) is 0 Å². The van der Waals surface area contributed by atoms with E-state index in [0.717, 1.165) is 80.2 Å². The van der Waals surface area contributed by atoms with E-state index >= 15 is 0 Å². The monoisotopic (exact) mass is 587 g/mol. The minimum Gasteiger partial charge on any atom is -0.496 e. The van der Waals surface area contributed by atoms with Gasteiger partial charge in [-0.15, -0.1) is 0 Å². The van der Waals surface area contributed by atoms with Gasteiger partial charge in [-0.3, -0.25) is 9.69 Å². The van der Waals surface area contributed by atoms with Gasteiger partial charge >= 0.3 is 5.97 Å². The molecule has 0 N–H and O–H groups in total. The number of hydrogen-bond acceptors (Lipinski definition) is 8. The van der Waals surface area contributed by atoms with Crippen LogP contribution >= 0.6 is 0 Å². The highest BCUT2D eigenvalue weighted by atomic mass is 16.5. The fraction of sp³-hybridized carbons (Fsp3) is 0.571. The number of anilines is 2. The minimum absolute atomic E-state index is 0.142. The maximum Gasteiger partial charge on any atom is 0.320 e. The van der Waals surface area contributed by atoms with Crippen molar-refractivity contribution in [3.8, 4) is 5.75 Å². The second-order valence-electron chi connectivity index (χ2n) is 11.8. The molecule has 3 fully saturated rings. The Labute approximate surface area is 257 Å². The summed E-state index contributed by atoms with van der Waals surface area (Å²) in [6.45, 7) is 10.5. The number of piperidine rings is 2. The lowest BCUT2D eigenvalue weighted by Gasteiger charge is -2.38. The van der Waals surface area contributed by atoms with E-state index in [1.54, 1.807) is 7.11 Å². The molecule has 3 heterocycles. The molecular weight excluding hydrogens is 538 g/mol. The third kappa shape index (κ3) is 7.23. The first-order chi connectivity index (χ1) is 21.0. The maximum atomic E-state index is 12.0. The molecule has 3 aromatic rings. The fourth-order valence-corrected chi connectivity index (χ4v) is 6.59. The number of rotatable bonds is 9. The quantitative estimate of drug-likeness (QED) is 0.267. The van der Waals surface area contributed by atoms with Gasteiger partial charge in [-0.05, 0) is 88.2 Å². The standard InChI is InChI=1S/C33H43N5O3.C2H6/c1-4-41-31(39)22-36(2)25-15-19-37(20-16-25)26-11-12-29-28(21-26)33(35-32(34-29)24-9-10-24)38-17-13-23(14-18-38)27-7-5-6-8-30(27)40-3;1-2/h5-8,11-12,21,23-25H,4,9-10,13-20,22H2,1-3H3;1-2H3. The largest absolute Gasteiger partial charge is 0.496 e. The number of ether oxygens (including phenoxy) is 2. The zero-order chi connectivity index (χ0) is 30.3. The van der Waals surface area contributed by atoms with Gasteiger partial charge in [0.15, 0.2) is 0 Å². The zero-order valence-corrected chi connectivity index (χ0v) is 26.7. The number of nitrogens with zero attached hydrogens (tertiary/aromatic N) is 5. The van der Waals surface area contributed by atoms with Gasteiger partial charge in [0, 0.05) is 49.2 Å². The van der Waals surface area contributed by atoms with Crippen LogP contribution in [0.15, 0.2) is 42.5 Å². The summed E-state index contributed by atoms with van der Waals surface area (Å²) in [7, 11) is 3.80. The van der Waals surface area contributed by atoms with Gasteiger partial charge in [-0.25, -0.2) is 9.97 Å². The number of esters is 1. The van der Waals surface area contributed by atoms with Crippen LogP contribution < -0.4 is 14.5 Å². The van der Waals surface area contributed by atoms with Gasteiger partial charge in [0.25, 0.3) is 0 Å². The molecule has 2 aliphatic heterocycles. The topological polar surface area (TPSA) is 71.0 Å².